The fourth-order valence-electron chi connectivity index (χ4n) is 2.69. The van der Waals surface area contributed by atoms with Gasteiger partial charge in [-0.05, 0) is 26.7 Å². The summed E-state index contributed by atoms with van der Waals surface area (Å²) >= 11 is 0. The maximum absolute atomic E-state index is 12.6. The quantitative estimate of drug-likeness (QED) is 0.837. The van der Waals surface area contributed by atoms with Gasteiger partial charge >= 0.3 is 12.0 Å². The van der Waals surface area contributed by atoms with E-state index in [1.54, 1.807) is 18.7 Å². The lowest BCUT2D eigenvalue weighted by molar-refractivity contribution is -0.147. The Labute approximate surface area is 127 Å². The molecule has 0 aliphatic carbocycles. The molecule has 6 nitrogen and oxygen atoms in total. The van der Waals surface area contributed by atoms with Crippen molar-refractivity contribution in [2.75, 3.05) is 39.3 Å². The molecular formula is C15H29N3O3. The first-order valence-corrected chi connectivity index (χ1v) is 7.72. The van der Waals surface area contributed by atoms with Crippen LogP contribution in [0.15, 0.2) is 0 Å². The number of nitrogens with zero attached hydrogens (tertiary/aromatic N) is 3. The normalized spacial score (nSPS) is 17.1. The second-order valence-corrected chi connectivity index (χ2v) is 6.57. The molecule has 0 aromatic carbocycles. The number of carbonyl (C=O) groups excluding carboxylic acids is 1. The van der Waals surface area contributed by atoms with Gasteiger partial charge in [0.1, 0.15) is 5.54 Å². The van der Waals surface area contributed by atoms with Crippen molar-refractivity contribution in [1.82, 2.24) is 14.7 Å². The molecule has 6 heteroatoms. The second-order valence-electron chi connectivity index (χ2n) is 6.57. The average molecular weight is 299 g/mol. The number of carboxylic acids is 1. The molecule has 1 heterocycles. The van der Waals surface area contributed by atoms with Crippen LogP contribution in [0.25, 0.3) is 0 Å². The van der Waals surface area contributed by atoms with Crippen molar-refractivity contribution in [2.45, 2.75) is 40.2 Å². The molecule has 0 saturated carbocycles. The standard InChI is InChI=1S/C15H29N3O3/c1-6-18(15(4,5)13(19)20)14(21)17-9-7-16(8-10-17)11-12(2)3/h12H,6-11H2,1-5H3,(H,19,20). The van der Waals surface area contributed by atoms with Crippen molar-refractivity contribution in [3.63, 3.8) is 0 Å². The van der Waals surface area contributed by atoms with Gasteiger partial charge in [-0.2, -0.15) is 0 Å². The van der Waals surface area contributed by atoms with E-state index in [0.717, 1.165) is 19.6 Å². The first kappa shape index (κ1) is 17.8. The zero-order chi connectivity index (χ0) is 16.2. The topological polar surface area (TPSA) is 64.1 Å². The summed E-state index contributed by atoms with van der Waals surface area (Å²) in [5.41, 5.74) is -1.18. The molecule has 1 aliphatic rings. The lowest BCUT2D eigenvalue weighted by Gasteiger charge is -2.41. The summed E-state index contributed by atoms with van der Waals surface area (Å²) in [7, 11) is 0. The Morgan fingerprint density at radius 2 is 1.71 bits per heavy atom. The predicted octanol–water partition coefficient (Wildman–Crippen LogP) is 1.57. The molecule has 0 bridgehead atoms. The number of hydrogen-bond acceptors (Lipinski definition) is 3. The van der Waals surface area contributed by atoms with Crippen molar-refractivity contribution in [3.8, 4) is 0 Å². The zero-order valence-electron chi connectivity index (χ0n) is 13.9. The molecule has 0 spiro atoms. The van der Waals surface area contributed by atoms with Crippen LogP contribution in [0.5, 0.6) is 0 Å². The lowest BCUT2D eigenvalue weighted by atomic mass is 10.0. The molecule has 1 rings (SSSR count). The van der Waals surface area contributed by atoms with Crippen molar-refractivity contribution < 1.29 is 14.7 Å². The van der Waals surface area contributed by atoms with E-state index in [-0.39, 0.29) is 6.03 Å². The molecule has 0 unspecified atom stereocenters. The van der Waals surface area contributed by atoms with Crippen LogP contribution in [0.1, 0.15) is 34.6 Å². The number of carbonyl (C=O) groups is 2. The molecule has 0 atom stereocenters. The number of hydrogen-bond donors (Lipinski definition) is 1. The number of amides is 2. The first-order chi connectivity index (χ1) is 9.70. The van der Waals surface area contributed by atoms with E-state index in [1.807, 2.05) is 6.92 Å². The van der Waals surface area contributed by atoms with Crippen LogP contribution >= 0.6 is 0 Å². The molecule has 1 aliphatic heterocycles. The molecule has 122 valence electrons. The highest BCUT2D eigenvalue weighted by Crippen LogP contribution is 2.18. The van der Waals surface area contributed by atoms with Crippen LogP contribution in [0, 0.1) is 5.92 Å². The van der Waals surface area contributed by atoms with E-state index in [0.29, 0.717) is 25.6 Å². The summed E-state index contributed by atoms with van der Waals surface area (Å²) in [6.45, 7) is 13.8. The van der Waals surface area contributed by atoms with E-state index in [1.165, 1.54) is 4.90 Å². The molecule has 0 aromatic heterocycles. The summed E-state index contributed by atoms with van der Waals surface area (Å²) in [6, 6.07) is -0.172. The van der Waals surface area contributed by atoms with E-state index in [4.69, 9.17) is 0 Å². The number of likely N-dealkylation sites (N-methyl/N-ethyl adjacent to an activating group) is 1. The number of carboxylic acid groups (broad SMARTS) is 1. The second kappa shape index (κ2) is 7.11. The van der Waals surface area contributed by atoms with Gasteiger partial charge in [0, 0.05) is 39.3 Å². The molecular weight excluding hydrogens is 270 g/mol. The average Bonchev–Trinajstić information content (AvgIpc) is 2.39. The number of rotatable bonds is 5. The number of aliphatic carboxylic acids is 1. The van der Waals surface area contributed by atoms with Gasteiger partial charge in [-0.15, -0.1) is 0 Å². The fourth-order valence-corrected chi connectivity index (χ4v) is 2.69. The van der Waals surface area contributed by atoms with Crippen LogP contribution in [0.4, 0.5) is 4.79 Å². The third kappa shape index (κ3) is 4.33. The minimum absolute atomic E-state index is 0.172. The highest BCUT2D eigenvalue weighted by Gasteiger charge is 2.39. The third-order valence-electron chi connectivity index (χ3n) is 4.01. The Morgan fingerprint density at radius 3 is 2.10 bits per heavy atom. The van der Waals surface area contributed by atoms with E-state index >= 15 is 0 Å². The summed E-state index contributed by atoms with van der Waals surface area (Å²) in [5, 5.41) is 9.31. The van der Waals surface area contributed by atoms with Gasteiger partial charge in [-0.3, -0.25) is 4.90 Å². The molecule has 1 fully saturated rings. The number of urea groups is 1. The summed E-state index contributed by atoms with van der Waals surface area (Å²) in [4.78, 5) is 29.5. The van der Waals surface area contributed by atoms with E-state index in [9.17, 15) is 14.7 Å². The molecule has 0 aromatic rings. The monoisotopic (exact) mass is 299 g/mol. The van der Waals surface area contributed by atoms with Crippen LogP contribution < -0.4 is 0 Å². The van der Waals surface area contributed by atoms with Crippen molar-refractivity contribution in [1.29, 1.82) is 0 Å². The maximum atomic E-state index is 12.6. The molecule has 21 heavy (non-hydrogen) atoms. The fraction of sp³-hybridized carbons (Fsp3) is 0.867. The van der Waals surface area contributed by atoms with Crippen LogP contribution in [0.2, 0.25) is 0 Å². The smallest absolute Gasteiger partial charge is 0.329 e. The van der Waals surface area contributed by atoms with Gasteiger partial charge in [-0.25, -0.2) is 9.59 Å². The Balaban J connectivity index is 2.65. The maximum Gasteiger partial charge on any atom is 0.329 e. The minimum Gasteiger partial charge on any atom is -0.480 e. The van der Waals surface area contributed by atoms with Gasteiger partial charge in [0.05, 0.1) is 0 Å². The van der Waals surface area contributed by atoms with Gasteiger partial charge in [0.15, 0.2) is 0 Å². The lowest BCUT2D eigenvalue weighted by Crippen LogP contribution is -2.60. The van der Waals surface area contributed by atoms with Crippen LogP contribution in [0.3, 0.4) is 0 Å². The third-order valence-corrected chi connectivity index (χ3v) is 4.01. The zero-order valence-corrected chi connectivity index (χ0v) is 13.9. The van der Waals surface area contributed by atoms with E-state index < -0.39 is 11.5 Å². The SMILES string of the molecule is CCN(C(=O)N1CCN(CC(C)C)CC1)C(C)(C)C(=O)O. The van der Waals surface area contributed by atoms with Gasteiger partial charge < -0.3 is 14.9 Å². The Hall–Kier alpha value is -1.30. The Bertz CT molecular complexity index is 374. The Morgan fingerprint density at radius 1 is 1.19 bits per heavy atom. The highest BCUT2D eigenvalue weighted by molar-refractivity contribution is 5.85. The van der Waals surface area contributed by atoms with Crippen LogP contribution in [-0.4, -0.2) is 76.6 Å². The summed E-state index contributed by atoms with van der Waals surface area (Å²) in [6.07, 6.45) is 0. The predicted molar refractivity (Wildman–Crippen MR) is 82.3 cm³/mol. The molecule has 2 amide bonds. The number of piperazine rings is 1. The molecule has 1 N–H and O–H groups in total. The first-order valence-electron chi connectivity index (χ1n) is 7.72. The van der Waals surface area contributed by atoms with Gasteiger partial charge in [0.2, 0.25) is 0 Å². The van der Waals surface area contributed by atoms with Gasteiger partial charge in [0.25, 0.3) is 0 Å². The largest absolute Gasteiger partial charge is 0.480 e. The van der Waals surface area contributed by atoms with Crippen molar-refractivity contribution >= 4 is 12.0 Å². The van der Waals surface area contributed by atoms with Crippen molar-refractivity contribution in [3.05, 3.63) is 0 Å². The molecule has 1 saturated heterocycles. The molecule has 0 radical (unpaired) electrons. The van der Waals surface area contributed by atoms with Gasteiger partial charge in [-0.1, -0.05) is 13.8 Å². The summed E-state index contributed by atoms with van der Waals surface area (Å²) < 4.78 is 0. The van der Waals surface area contributed by atoms with Crippen LogP contribution in [-0.2, 0) is 4.79 Å². The summed E-state index contributed by atoms with van der Waals surface area (Å²) in [5.74, 6) is -0.360. The highest BCUT2D eigenvalue weighted by atomic mass is 16.4. The van der Waals surface area contributed by atoms with E-state index in [2.05, 4.69) is 18.7 Å². The minimum atomic E-state index is -1.18. The Kier molecular flexibility index (Phi) is 6.01. The van der Waals surface area contributed by atoms with Crippen molar-refractivity contribution in [2.24, 2.45) is 5.92 Å².